The highest BCUT2D eigenvalue weighted by Gasteiger charge is 2.32. The molecular weight excluding hydrogens is 436 g/mol. The Morgan fingerprint density at radius 1 is 1.26 bits per heavy atom. The Morgan fingerprint density at radius 3 is 2.74 bits per heavy atom. The zero-order valence-corrected chi connectivity index (χ0v) is 20.6. The van der Waals surface area contributed by atoms with E-state index in [-0.39, 0.29) is 18.7 Å². The number of rotatable bonds is 4. The quantitative estimate of drug-likeness (QED) is 0.728. The summed E-state index contributed by atoms with van der Waals surface area (Å²) in [5.74, 6) is 2.05. The Hall–Kier alpha value is -2.91. The maximum absolute atomic E-state index is 12.8. The summed E-state index contributed by atoms with van der Waals surface area (Å²) in [6, 6.07) is 5.73. The molecule has 1 unspecified atom stereocenters. The molecule has 9 heteroatoms. The number of aliphatic hydroxyl groups is 1. The van der Waals surface area contributed by atoms with Crippen molar-refractivity contribution in [2.75, 3.05) is 38.3 Å². The summed E-state index contributed by atoms with van der Waals surface area (Å²) in [5.41, 5.74) is 2.76. The Morgan fingerprint density at radius 2 is 2.06 bits per heavy atom. The molecule has 4 rings (SSSR count). The van der Waals surface area contributed by atoms with Crippen LogP contribution in [0.25, 0.3) is 11.4 Å². The second-order valence-corrected chi connectivity index (χ2v) is 9.75. The number of fused-ring (bicyclic) bond motifs is 1. The minimum Gasteiger partial charge on any atom is -0.496 e. The van der Waals surface area contributed by atoms with Crippen LogP contribution >= 0.6 is 0 Å². The minimum atomic E-state index is -0.563. The van der Waals surface area contributed by atoms with E-state index in [4.69, 9.17) is 24.2 Å². The largest absolute Gasteiger partial charge is 0.496 e. The molecule has 2 aromatic rings. The smallest absolute Gasteiger partial charge is 0.410 e. The summed E-state index contributed by atoms with van der Waals surface area (Å²) in [6.45, 7) is 10.5. The Kier molecular flexibility index (Phi) is 6.95. The maximum atomic E-state index is 12.8. The molecule has 1 saturated heterocycles. The number of carbonyl (C=O) groups is 1. The fourth-order valence-corrected chi connectivity index (χ4v) is 4.34. The van der Waals surface area contributed by atoms with Crippen molar-refractivity contribution in [2.45, 2.75) is 58.9 Å². The maximum Gasteiger partial charge on any atom is 0.410 e. The minimum absolute atomic E-state index is 0.151. The lowest BCUT2D eigenvalue weighted by Crippen LogP contribution is -2.46. The molecule has 0 aliphatic carbocycles. The van der Waals surface area contributed by atoms with Crippen LogP contribution in [-0.2, 0) is 29.0 Å². The molecule has 2 aliphatic heterocycles. The Balaban J connectivity index is 1.76. The average molecular weight is 471 g/mol. The van der Waals surface area contributed by atoms with Crippen LogP contribution in [0.4, 0.5) is 10.6 Å². The number of hydrogen-bond donors (Lipinski definition) is 1. The van der Waals surface area contributed by atoms with Crippen molar-refractivity contribution >= 4 is 11.9 Å². The van der Waals surface area contributed by atoms with Crippen LogP contribution < -0.4 is 9.64 Å². The van der Waals surface area contributed by atoms with Gasteiger partial charge in [-0.1, -0.05) is 0 Å². The molecule has 1 N–H and O–H groups in total. The van der Waals surface area contributed by atoms with Crippen LogP contribution in [0.5, 0.6) is 5.75 Å². The van der Waals surface area contributed by atoms with Gasteiger partial charge in [-0.15, -0.1) is 0 Å². The van der Waals surface area contributed by atoms with Gasteiger partial charge in [-0.25, -0.2) is 14.8 Å². The van der Waals surface area contributed by atoms with Gasteiger partial charge in [-0.05, 0) is 52.3 Å². The summed E-state index contributed by atoms with van der Waals surface area (Å²) < 4.78 is 16.6. The standard InChI is InChI=1S/C25H34N4O5/c1-16-15-33-11-10-29(16)23-19-8-9-28(24(31)34-25(2,3)4)13-20(19)26-22(27-23)17-6-7-21(32-5)18(12-17)14-30/h6-7,12,16,30H,8-11,13-15H2,1-5H3. The lowest BCUT2D eigenvalue weighted by Gasteiger charge is -2.38. The number of hydrogen-bond acceptors (Lipinski definition) is 8. The third-order valence-electron chi connectivity index (χ3n) is 6.04. The van der Waals surface area contributed by atoms with Gasteiger partial charge in [0.15, 0.2) is 5.82 Å². The van der Waals surface area contributed by atoms with Gasteiger partial charge in [0.25, 0.3) is 0 Å². The second-order valence-electron chi connectivity index (χ2n) is 9.75. The van der Waals surface area contributed by atoms with E-state index in [0.717, 1.165) is 29.2 Å². The van der Waals surface area contributed by atoms with E-state index < -0.39 is 5.60 Å². The fraction of sp³-hybridized carbons (Fsp3) is 0.560. The Bertz CT molecular complexity index is 1050. The molecule has 3 heterocycles. The number of aromatic nitrogens is 2. The molecule has 9 nitrogen and oxygen atoms in total. The molecule has 2 aliphatic rings. The van der Waals surface area contributed by atoms with Crippen LogP contribution in [0.15, 0.2) is 18.2 Å². The predicted molar refractivity (Wildman–Crippen MR) is 128 cm³/mol. The van der Waals surface area contributed by atoms with Gasteiger partial charge in [-0.2, -0.15) is 0 Å². The first-order valence-electron chi connectivity index (χ1n) is 11.7. The molecule has 1 fully saturated rings. The van der Waals surface area contributed by atoms with Crippen molar-refractivity contribution in [1.82, 2.24) is 14.9 Å². The third-order valence-corrected chi connectivity index (χ3v) is 6.04. The van der Waals surface area contributed by atoms with Crippen LogP contribution in [-0.4, -0.2) is 71.1 Å². The molecule has 34 heavy (non-hydrogen) atoms. The SMILES string of the molecule is COc1ccc(-c2nc3c(c(N4CCOCC4C)n2)CCN(C(=O)OC(C)(C)C)C3)cc1CO. The predicted octanol–water partition coefficient (Wildman–Crippen LogP) is 3.16. The van der Waals surface area contributed by atoms with E-state index in [1.54, 1.807) is 12.0 Å². The van der Waals surface area contributed by atoms with Crippen molar-refractivity contribution in [3.8, 4) is 17.1 Å². The normalized spacial score (nSPS) is 18.5. The monoisotopic (exact) mass is 470 g/mol. The summed E-state index contributed by atoms with van der Waals surface area (Å²) >= 11 is 0. The number of aliphatic hydroxyl groups excluding tert-OH is 1. The molecule has 1 atom stereocenters. The highest BCUT2D eigenvalue weighted by atomic mass is 16.6. The number of carbonyl (C=O) groups excluding carboxylic acids is 1. The number of amides is 1. The molecule has 0 radical (unpaired) electrons. The highest BCUT2D eigenvalue weighted by Crippen LogP contribution is 2.33. The number of methoxy groups -OCH3 is 1. The Labute approximate surface area is 200 Å². The molecular formula is C25H34N4O5. The van der Waals surface area contributed by atoms with Crippen LogP contribution in [0.2, 0.25) is 0 Å². The van der Waals surface area contributed by atoms with E-state index in [1.807, 2.05) is 39.0 Å². The summed E-state index contributed by atoms with van der Waals surface area (Å²) in [7, 11) is 1.58. The first-order valence-corrected chi connectivity index (χ1v) is 11.7. The highest BCUT2D eigenvalue weighted by molar-refractivity contribution is 5.70. The van der Waals surface area contributed by atoms with Gasteiger partial charge in [-0.3, -0.25) is 0 Å². The molecule has 1 aromatic carbocycles. The average Bonchev–Trinajstić information content (AvgIpc) is 2.81. The summed E-state index contributed by atoms with van der Waals surface area (Å²) in [4.78, 5) is 26.6. The number of ether oxygens (including phenoxy) is 3. The lowest BCUT2D eigenvalue weighted by atomic mass is 10.0. The first kappa shape index (κ1) is 24.2. The molecule has 0 bridgehead atoms. The van der Waals surface area contributed by atoms with E-state index in [9.17, 15) is 9.90 Å². The first-order chi connectivity index (χ1) is 16.2. The van der Waals surface area contributed by atoms with Crippen LogP contribution in [0.1, 0.15) is 44.5 Å². The van der Waals surface area contributed by atoms with E-state index in [0.29, 0.717) is 49.9 Å². The molecule has 0 saturated carbocycles. The van der Waals surface area contributed by atoms with Gasteiger partial charge in [0.05, 0.1) is 45.2 Å². The number of morpholine rings is 1. The van der Waals surface area contributed by atoms with Crippen molar-refractivity contribution < 1.29 is 24.1 Å². The second kappa shape index (κ2) is 9.76. The van der Waals surface area contributed by atoms with Gasteiger partial charge in [0.1, 0.15) is 17.2 Å². The van der Waals surface area contributed by atoms with E-state index in [2.05, 4.69) is 11.8 Å². The van der Waals surface area contributed by atoms with Gasteiger partial charge in [0.2, 0.25) is 0 Å². The van der Waals surface area contributed by atoms with Gasteiger partial charge >= 0.3 is 6.09 Å². The number of anilines is 1. The van der Waals surface area contributed by atoms with Crippen molar-refractivity contribution in [1.29, 1.82) is 0 Å². The lowest BCUT2D eigenvalue weighted by molar-refractivity contribution is 0.0220. The van der Waals surface area contributed by atoms with Crippen molar-refractivity contribution in [3.05, 3.63) is 35.0 Å². The molecule has 0 spiro atoms. The van der Waals surface area contributed by atoms with Gasteiger partial charge < -0.3 is 29.1 Å². The van der Waals surface area contributed by atoms with Crippen molar-refractivity contribution in [3.63, 3.8) is 0 Å². The number of nitrogens with zero attached hydrogens (tertiary/aromatic N) is 4. The van der Waals surface area contributed by atoms with Crippen LogP contribution in [0, 0.1) is 0 Å². The van der Waals surface area contributed by atoms with Crippen LogP contribution in [0.3, 0.4) is 0 Å². The van der Waals surface area contributed by atoms with Crippen molar-refractivity contribution in [2.24, 2.45) is 0 Å². The van der Waals surface area contributed by atoms with Gasteiger partial charge in [0, 0.05) is 29.8 Å². The fourth-order valence-electron chi connectivity index (χ4n) is 4.34. The summed E-state index contributed by atoms with van der Waals surface area (Å²) in [6.07, 6.45) is 0.310. The number of benzene rings is 1. The topological polar surface area (TPSA) is 97.3 Å². The zero-order valence-electron chi connectivity index (χ0n) is 20.6. The summed E-state index contributed by atoms with van der Waals surface area (Å²) in [5, 5.41) is 9.79. The van der Waals surface area contributed by atoms with E-state index >= 15 is 0 Å². The third kappa shape index (κ3) is 5.10. The van der Waals surface area contributed by atoms with E-state index in [1.165, 1.54) is 0 Å². The molecule has 184 valence electrons. The zero-order chi connectivity index (χ0) is 24.5. The molecule has 1 amide bonds. The molecule has 1 aromatic heterocycles.